The Hall–Kier alpha value is -0.510. The van der Waals surface area contributed by atoms with Gasteiger partial charge in [-0.2, -0.15) is 0 Å². The van der Waals surface area contributed by atoms with E-state index >= 15 is 0 Å². The van der Waals surface area contributed by atoms with Crippen molar-refractivity contribution in [3.8, 4) is 0 Å². The lowest BCUT2D eigenvalue weighted by atomic mass is 10.1. The highest BCUT2D eigenvalue weighted by atomic mass is 32.2. The van der Waals surface area contributed by atoms with E-state index in [9.17, 15) is 0 Å². The molecular weight excluding hydrogens is 228 g/mol. The molecule has 0 fully saturated rings. The van der Waals surface area contributed by atoms with Crippen LogP contribution in [0.1, 0.15) is 11.1 Å². The largest absolute Gasteiger partial charge is 0.125 e. The second-order valence-corrected chi connectivity index (χ2v) is 4.58. The summed E-state index contributed by atoms with van der Waals surface area (Å²) in [7, 11) is 0. The molecule has 0 saturated carbocycles. The average Bonchev–Trinajstić information content (AvgIpc) is 2.17. The van der Waals surface area contributed by atoms with Gasteiger partial charge in [0.1, 0.15) is 0 Å². The molecule has 0 unspecified atom stereocenters. The summed E-state index contributed by atoms with van der Waals surface area (Å²) in [6, 6.07) is 8.02. The molecule has 1 aromatic carbocycles. The Kier molecular flexibility index (Phi) is 7.57. The van der Waals surface area contributed by atoms with Crippen LogP contribution in [-0.4, -0.2) is 3.53 Å². The molecule has 0 saturated heterocycles. The molecule has 0 amide bonds. The Morgan fingerprint density at radius 1 is 1.07 bits per heavy atom. The molecule has 1 rings (SSSR count). The molecule has 74 valence electrons. The van der Waals surface area contributed by atoms with Crippen LogP contribution >= 0.6 is 37.5 Å². The van der Waals surface area contributed by atoms with Crippen LogP contribution in [0.4, 0.5) is 0 Å². The number of benzene rings is 1. The first-order chi connectivity index (χ1) is 6.61. The van der Waals surface area contributed by atoms with Gasteiger partial charge in [0.25, 0.3) is 0 Å². The van der Waals surface area contributed by atoms with Crippen LogP contribution in [-0.2, 0) is 0 Å². The summed E-state index contributed by atoms with van der Waals surface area (Å²) in [6.45, 7) is 7.38. The van der Waals surface area contributed by atoms with Gasteiger partial charge in [-0.25, -0.2) is 0 Å². The zero-order chi connectivity index (χ0) is 11.0. The van der Waals surface area contributed by atoms with Gasteiger partial charge in [-0.3, -0.25) is 0 Å². The zero-order valence-corrected chi connectivity index (χ0v) is 10.3. The molecule has 1 aromatic rings. The van der Waals surface area contributed by atoms with E-state index in [1.54, 1.807) is 0 Å². The highest BCUT2D eigenvalue weighted by Gasteiger charge is 1.89. The first-order valence-electron chi connectivity index (χ1n) is 3.87. The summed E-state index contributed by atoms with van der Waals surface area (Å²) < 4.78 is 0.389. The summed E-state index contributed by atoms with van der Waals surface area (Å²) in [5.41, 5.74) is 2.27. The van der Waals surface area contributed by atoms with Gasteiger partial charge >= 0.3 is 0 Å². The Bertz CT molecular complexity index is 298. The van der Waals surface area contributed by atoms with E-state index in [1.807, 2.05) is 36.4 Å². The fraction of sp³-hybridized carbons (Fsp3) is 0. The number of thiol groups is 2. The Morgan fingerprint density at radius 3 is 1.57 bits per heavy atom. The van der Waals surface area contributed by atoms with Crippen LogP contribution in [0.5, 0.6) is 0 Å². The predicted molar refractivity (Wildman–Crippen MR) is 77.2 cm³/mol. The van der Waals surface area contributed by atoms with Crippen molar-refractivity contribution < 1.29 is 0 Å². The van der Waals surface area contributed by atoms with Gasteiger partial charge in [0, 0.05) is 0 Å². The Morgan fingerprint density at radius 2 is 1.36 bits per heavy atom. The smallest absolute Gasteiger partial charge is 0.0976 e. The maximum absolute atomic E-state index is 4.27. The van der Waals surface area contributed by atoms with Crippen molar-refractivity contribution in [1.82, 2.24) is 0 Å². The lowest BCUT2D eigenvalue weighted by Gasteiger charge is -1.96. The van der Waals surface area contributed by atoms with E-state index < -0.39 is 0 Å². The van der Waals surface area contributed by atoms with Gasteiger partial charge in [-0.15, -0.1) is 25.3 Å². The maximum atomic E-state index is 4.27. The molecular formula is C11H12S3. The third-order valence-electron chi connectivity index (χ3n) is 1.44. The Labute approximate surface area is 102 Å². The van der Waals surface area contributed by atoms with Crippen LogP contribution in [0.25, 0.3) is 12.2 Å². The molecule has 0 aliphatic rings. The van der Waals surface area contributed by atoms with Crippen molar-refractivity contribution in [2.75, 3.05) is 0 Å². The predicted octanol–water partition coefficient (Wildman–Crippen LogP) is 4.10. The van der Waals surface area contributed by atoms with Gasteiger partial charge in [0.2, 0.25) is 0 Å². The van der Waals surface area contributed by atoms with Crippen LogP contribution in [0, 0.1) is 0 Å². The topological polar surface area (TPSA) is 0 Å². The molecule has 0 radical (unpaired) electrons. The van der Waals surface area contributed by atoms with Crippen LogP contribution < -0.4 is 0 Å². The van der Waals surface area contributed by atoms with Crippen molar-refractivity contribution in [2.24, 2.45) is 0 Å². The van der Waals surface area contributed by atoms with Crippen molar-refractivity contribution in [3.05, 3.63) is 48.6 Å². The minimum atomic E-state index is 0.389. The van der Waals surface area contributed by atoms with E-state index in [1.165, 1.54) is 0 Å². The second-order valence-electron chi connectivity index (χ2n) is 2.32. The van der Waals surface area contributed by atoms with Crippen molar-refractivity contribution in [2.45, 2.75) is 0 Å². The number of hydrogen-bond acceptors (Lipinski definition) is 1. The number of thiocarbonyl (C=S) groups is 1. The molecule has 14 heavy (non-hydrogen) atoms. The molecule has 3 heteroatoms. The summed E-state index contributed by atoms with van der Waals surface area (Å²) >= 11 is 11.4. The summed E-state index contributed by atoms with van der Waals surface area (Å²) in [5.74, 6) is 0. The van der Waals surface area contributed by atoms with Gasteiger partial charge < -0.3 is 0 Å². The third-order valence-corrected chi connectivity index (χ3v) is 1.44. The molecule has 0 bridgehead atoms. The second kappa shape index (κ2) is 7.85. The highest BCUT2D eigenvalue weighted by Crippen LogP contribution is 2.10. The van der Waals surface area contributed by atoms with Gasteiger partial charge in [0.15, 0.2) is 0 Å². The quantitative estimate of drug-likeness (QED) is 0.579. The molecule has 0 N–H and O–H groups in total. The summed E-state index contributed by atoms with van der Waals surface area (Å²) in [6.07, 6.45) is 3.66. The molecule has 0 atom stereocenters. The van der Waals surface area contributed by atoms with Gasteiger partial charge in [-0.1, -0.05) is 61.8 Å². The molecule has 0 heterocycles. The van der Waals surface area contributed by atoms with Crippen molar-refractivity contribution >= 4 is 53.2 Å². The lowest BCUT2D eigenvalue weighted by Crippen LogP contribution is -1.76. The van der Waals surface area contributed by atoms with E-state index in [0.717, 1.165) is 11.1 Å². The maximum Gasteiger partial charge on any atom is 0.0976 e. The fourth-order valence-corrected chi connectivity index (χ4v) is 0.883. The lowest BCUT2D eigenvalue weighted by molar-refractivity contribution is 1.62. The van der Waals surface area contributed by atoms with E-state index in [2.05, 4.69) is 50.6 Å². The minimum Gasteiger partial charge on any atom is -0.125 e. The van der Waals surface area contributed by atoms with Gasteiger partial charge in [0.05, 0.1) is 3.53 Å². The van der Waals surface area contributed by atoms with E-state index in [-0.39, 0.29) is 0 Å². The van der Waals surface area contributed by atoms with Crippen molar-refractivity contribution in [3.63, 3.8) is 0 Å². The van der Waals surface area contributed by atoms with E-state index in [4.69, 9.17) is 0 Å². The highest BCUT2D eigenvalue weighted by molar-refractivity contribution is 8.34. The molecule has 0 nitrogen and oxygen atoms in total. The molecule has 0 aromatic heterocycles. The molecule has 0 spiro atoms. The Balaban J connectivity index is 0.000000364. The van der Waals surface area contributed by atoms with Crippen LogP contribution in [0.3, 0.4) is 0 Å². The number of hydrogen-bond donors (Lipinski definition) is 2. The SMILES string of the molecule is C=Cc1ccccc1C=C.S=C(S)S. The summed E-state index contributed by atoms with van der Waals surface area (Å²) in [4.78, 5) is 0. The molecule has 0 aliphatic carbocycles. The number of rotatable bonds is 2. The standard InChI is InChI=1S/C10H10.CH2S3/c1-3-9-7-5-6-8-10(9)4-2;2-1(3)4/h3-8H,1-2H2;(H2,2,3,4). The van der Waals surface area contributed by atoms with Gasteiger partial charge in [-0.05, 0) is 11.1 Å². The fourth-order valence-electron chi connectivity index (χ4n) is 0.883. The van der Waals surface area contributed by atoms with Crippen LogP contribution in [0.15, 0.2) is 37.4 Å². The minimum absolute atomic E-state index is 0.389. The van der Waals surface area contributed by atoms with E-state index in [0.29, 0.717) is 3.53 Å². The molecule has 0 aliphatic heterocycles. The zero-order valence-electron chi connectivity index (χ0n) is 7.68. The van der Waals surface area contributed by atoms with Crippen LogP contribution in [0.2, 0.25) is 0 Å². The first-order valence-corrected chi connectivity index (χ1v) is 5.18. The average molecular weight is 240 g/mol. The normalized spacial score (nSPS) is 8.14. The third kappa shape index (κ3) is 6.02. The first kappa shape index (κ1) is 13.5. The van der Waals surface area contributed by atoms with Crippen molar-refractivity contribution in [1.29, 1.82) is 0 Å². The monoisotopic (exact) mass is 240 g/mol. The summed E-state index contributed by atoms with van der Waals surface area (Å²) in [5, 5.41) is 0.